The molecule has 0 bridgehead atoms. The van der Waals surface area contributed by atoms with Crippen molar-refractivity contribution >= 4 is 23.4 Å². The Morgan fingerprint density at radius 3 is 1.89 bits per heavy atom. The third-order valence-corrected chi connectivity index (χ3v) is 5.42. The number of nitrogens with zero attached hydrogens (tertiary/aromatic N) is 2. The first-order valence-corrected chi connectivity index (χ1v) is 11.3. The van der Waals surface area contributed by atoms with Crippen LogP contribution in [0.3, 0.4) is 0 Å². The summed E-state index contributed by atoms with van der Waals surface area (Å²) < 4.78 is 84.5. The lowest BCUT2D eigenvalue weighted by molar-refractivity contribution is -0.143. The Hall–Kier alpha value is -2.62. The topological polar surface area (TPSA) is 32.8 Å². The molecule has 0 aromatic heterocycles. The quantitative estimate of drug-likeness (QED) is 0.314. The first-order chi connectivity index (χ1) is 16.3. The molecule has 0 aliphatic rings. The van der Waals surface area contributed by atoms with Crippen LogP contribution in [0.5, 0.6) is 0 Å². The number of halogens is 7. The molecule has 0 heterocycles. The highest BCUT2D eigenvalue weighted by Crippen LogP contribution is 2.37. The number of alkyl halides is 6. The van der Waals surface area contributed by atoms with Crippen molar-refractivity contribution in [2.45, 2.75) is 52.1 Å². The van der Waals surface area contributed by atoms with Crippen LogP contribution < -0.4 is 4.90 Å². The van der Waals surface area contributed by atoms with Gasteiger partial charge in [-0.1, -0.05) is 25.4 Å². The van der Waals surface area contributed by atoms with Crippen molar-refractivity contribution in [3.63, 3.8) is 0 Å². The fraction of sp³-hybridized carbons (Fsp3) is 0.458. The molecule has 0 spiro atoms. The smallest absolute Gasteiger partial charge is 0.416 e. The van der Waals surface area contributed by atoms with Crippen molar-refractivity contribution < 1.29 is 35.9 Å². The minimum absolute atomic E-state index is 0.0500. The molecule has 0 N–H and O–H groups in total. The lowest BCUT2D eigenvalue weighted by atomic mass is 10.0. The van der Waals surface area contributed by atoms with E-state index in [9.17, 15) is 31.1 Å². The molecule has 0 aliphatic carbocycles. The van der Waals surface area contributed by atoms with E-state index in [4.69, 9.17) is 16.3 Å². The molecule has 1 amide bonds. The molecule has 0 saturated carbocycles. The van der Waals surface area contributed by atoms with Crippen molar-refractivity contribution in [3.05, 3.63) is 63.7 Å². The van der Waals surface area contributed by atoms with E-state index >= 15 is 0 Å². The molecule has 35 heavy (non-hydrogen) atoms. The first kappa shape index (κ1) is 28.6. The molecule has 0 atom stereocenters. The van der Waals surface area contributed by atoms with E-state index in [-0.39, 0.29) is 18.2 Å². The summed E-state index contributed by atoms with van der Waals surface area (Å²) >= 11 is 6.17. The van der Waals surface area contributed by atoms with Crippen LogP contribution in [0, 0.1) is 0 Å². The van der Waals surface area contributed by atoms with Gasteiger partial charge in [0.25, 0.3) is 0 Å². The fourth-order valence-electron chi connectivity index (χ4n) is 3.73. The van der Waals surface area contributed by atoms with Gasteiger partial charge < -0.3 is 9.64 Å². The summed E-state index contributed by atoms with van der Waals surface area (Å²) in [6, 6.07) is 6.34. The molecule has 0 saturated heterocycles. The predicted molar refractivity (Wildman–Crippen MR) is 122 cm³/mol. The van der Waals surface area contributed by atoms with E-state index in [1.165, 1.54) is 0 Å². The van der Waals surface area contributed by atoms with Gasteiger partial charge in [0.15, 0.2) is 0 Å². The molecule has 0 aliphatic heterocycles. The zero-order chi connectivity index (χ0) is 26.4. The lowest BCUT2D eigenvalue weighted by Crippen LogP contribution is -2.32. The van der Waals surface area contributed by atoms with Gasteiger partial charge in [0.05, 0.1) is 24.8 Å². The molecular formula is C24H27ClF6N2O2. The molecule has 2 rings (SSSR count). The van der Waals surface area contributed by atoms with E-state index in [0.717, 1.165) is 30.5 Å². The van der Waals surface area contributed by atoms with E-state index < -0.39 is 36.1 Å². The summed E-state index contributed by atoms with van der Waals surface area (Å²) in [7, 11) is 1.09. The lowest BCUT2D eigenvalue weighted by Gasteiger charge is -2.29. The summed E-state index contributed by atoms with van der Waals surface area (Å²) in [5, 5.41) is 0.375. The maximum atomic E-state index is 13.3. The molecule has 4 nitrogen and oxygen atoms in total. The summed E-state index contributed by atoms with van der Waals surface area (Å²) in [5.41, 5.74) is -1.87. The summed E-state index contributed by atoms with van der Waals surface area (Å²) in [6.45, 7) is 4.76. The highest BCUT2D eigenvalue weighted by molar-refractivity contribution is 6.30. The molecule has 2 aromatic rings. The van der Waals surface area contributed by atoms with Crippen LogP contribution in [0.4, 0.5) is 36.8 Å². The summed E-state index contributed by atoms with van der Waals surface area (Å²) in [6.07, 6.45) is -9.21. The van der Waals surface area contributed by atoms with Gasteiger partial charge >= 0.3 is 18.4 Å². The first-order valence-electron chi connectivity index (χ1n) is 10.9. The van der Waals surface area contributed by atoms with E-state index in [1.807, 2.05) is 13.8 Å². The number of carbonyl (C=O) groups is 1. The number of hydrogen-bond donors (Lipinski definition) is 0. The van der Waals surface area contributed by atoms with E-state index in [2.05, 4.69) is 4.90 Å². The van der Waals surface area contributed by atoms with Crippen LogP contribution in [0.2, 0.25) is 5.02 Å². The monoisotopic (exact) mass is 524 g/mol. The Bertz CT molecular complexity index is 972. The molecular weight excluding hydrogens is 498 g/mol. The molecule has 2 aromatic carbocycles. The van der Waals surface area contributed by atoms with Gasteiger partial charge in [0.1, 0.15) is 0 Å². The maximum absolute atomic E-state index is 13.3. The number of hydrogen-bond acceptors (Lipinski definition) is 3. The van der Waals surface area contributed by atoms with Crippen LogP contribution in [0.15, 0.2) is 36.4 Å². The van der Waals surface area contributed by atoms with Gasteiger partial charge in [0.2, 0.25) is 0 Å². The number of amides is 1. The van der Waals surface area contributed by atoms with Crippen molar-refractivity contribution in [1.82, 2.24) is 4.90 Å². The largest absolute Gasteiger partial charge is 0.453 e. The zero-order valence-electron chi connectivity index (χ0n) is 19.6. The Morgan fingerprint density at radius 2 is 1.43 bits per heavy atom. The van der Waals surface area contributed by atoms with Gasteiger partial charge in [-0.05, 0) is 60.4 Å². The van der Waals surface area contributed by atoms with Gasteiger partial charge in [-0.2, -0.15) is 26.3 Å². The predicted octanol–water partition coefficient (Wildman–Crippen LogP) is 7.77. The highest BCUT2D eigenvalue weighted by atomic mass is 35.5. The Kier molecular flexibility index (Phi) is 9.71. The molecule has 0 fully saturated rings. The summed E-state index contributed by atoms with van der Waals surface area (Å²) in [5.74, 6) is 0. The standard InChI is InChI=1S/C24H27ClF6N2O2/c1-4-8-32(9-5-2)21-7-6-20(25)12-17(21)15-33(22(34)35-3)14-16-10-18(23(26,27)28)13-19(11-16)24(29,30)31/h6-7,10-13H,4-5,8-9,14-15H2,1-3H3. The van der Waals surface area contributed by atoms with Gasteiger partial charge in [-0.25, -0.2) is 4.79 Å². The highest BCUT2D eigenvalue weighted by Gasteiger charge is 2.37. The average molecular weight is 525 g/mol. The third kappa shape index (κ3) is 7.95. The third-order valence-electron chi connectivity index (χ3n) is 5.18. The SMILES string of the molecule is CCCN(CCC)c1ccc(Cl)cc1CN(Cc1cc(C(F)(F)F)cc(C(F)(F)F)c1)C(=O)OC. The second-order valence-corrected chi connectivity index (χ2v) is 8.44. The molecule has 0 radical (unpaired) electrons. The Balaban J connectivity index is 2.51. The van der Waals surface area contributed by atoms with E-state index in [0.29, 0.717) is 35.8 Å². The molecule has 194 valence electrons. The Labute approximate surface area is 205 Å². The van der Waals surface area contributed by atoms with Gasteiger partial charge in [-0.3, -0.25) is 4.90 Å². The van der Waals surface area contributed by atoms with E-state index in [1.54, 1.807) is 18.2 Å². The second kappa shape index (κ2) is 11.9. The number of ether oxygens (including phenoxy) is 1. The minimum Gasteiger partial charge on any atom is -0.453 e. The van der Waals surface area contributed by atoms with Crippen LogP contribution in [-0.2, 0) is 30.2 Å². The molecule has 11 heteroatoms. The van der Waals surface area contributed by atoms with Crippen molar-refractivity contribution in [1.29, 1.82) is 0 Å². The number of rotatable bonds is 9. The van der Waals surface area contributed by atoms with Crippen molar-refractivity contribution in [2.24, 2.45) is 0 Å². The Morgan fingerprint density at radius 1 is 0.886 bits per heavy atom. The number of benzene rings is 2. The second-order valence-electron chi connectivity index (χ2n) is 8.00. The minimum atomic E-state index is -4.99. The number of methoxy groups -OCH3 is 1. The van der Waals surface area contributed by atoms with Crippen LogP contribution in [0.1, 0.15) is 48.9 Å². The zero-order valence-corrected chi connectivity index (χ0v) is 20.3. The summed E-state index contributed by atoms with van der Waals surface area (Å²) in [4.78, 5) is 15.6. The van der Waals surface area contributed by atoms with Gasteiger partial charge in [-0.15, -0.1) is 0 Å². The fourth-order valence-corrected chi connectivity index (χ4v) is 3.93. The number of carbonyl (C=O) groups excluding carboxylic acids is 1. The average Bonchev–Trinajstić information content (AvgIpc) is 2.77. The van der Waals surface area contributed by atoms with Crippen LogP contribution >= 0.6 is 11.6 Å². The normalized spacial score (nSPS) is 11.9. The number of anilines is 1. The molecule has 0 unspecified atom stereocenters. The van der Waals surface area contributed by atoms with Crippen LogP contribution in [-0.4, -0.2) is 31.2 Å². The van der Waals surface area contributed by atoms with Gasteiger partial charge in [0, 0.05) is 30.3 Å². The van der Waals surface area contributed by atoms with Crippen molar-refractivity contribution in [3.8, 4) is 0 Å². The maximum Gasteiger partial charge on any atom is 0.416 e. The van der Waals surface area contributed by atoms with Crippen LogP contribution in [0.25, 0.3) is 0 Å². The van der Waals surface area contributed by atoms with Crippen molar-refractivity contribution in [2.75, 3.05) is 25.1 Å².